The molecule has 0 fully saturated rings. The SMILES string of the molecule is CCC(C)(C)NC(=O)c1ncccc1O. The van der Waals surface area contributed by atoms with E-state index in [0.29, 0.717) is 0 Å². The van der Waals surface area contributed by atoms with Gasteiger partial charge in [0.25, 0.3) is 5.91 Å². The zero-order valence-corrected chi connectivity index (χ0v) is 9.24. The van der Waals surface area contributed by atoms with Gasteiger partial charge in [0.2, 0.25) is 0 Å². The molecule has 0 unspecified atom stereocenters. The van der Waals surface area contributed by atoms with Crippen LogP contribution in [0, 0.1) is 0 Å². The third kappa shape index (κ3) is 2.94. The molecule has 0 radical (unpaired) electrons. The van der Waals surface area contributed by atoms with Gasteiger partial charge in [0.15, 0.2) is 5.69 Å². The van der Waals surface area contributed by atoms with Gasteiger partial charge in [-0.3, -0.25) is 4.79 Å². The van der Waals surface area contributed by atoms with Crippen molar-refractivity contribution in [3.8, 4) is 5.75 Å². The highest BCUT2D eigenvalue weighted by molar-refractivity contribution is 5.95. The van der Waals surface area contributed by atoms with Crippen molar-refractivity contribution in [3.05, 3.63) is 24.0 Å². The summed E-state index contributed by atoms with van der Waals surface area (Å²) in [5.41, 5.74) is -0.222. The maximum absolute atomic E-state index is 11.7. The lowest BCUT2D eigenvalue weighted by molar-refractivity contribution is 0.0903. The topological polar surface area (TPSA) is 62.2 Å². The summed E-state index contributed by atoms with van der Waals surface area (Å²) >= 11 is 0. The maximum Gasteiger partial charge on any atom is 0.274 e. The lowest BCUT2D eigenvalue weighted by Gasteiger charge is -2.24. The summed E-state index contributed by atoms with van der Waals surface area (Å²) in [6.45, 7) is 5.83. The summed E-state index contributed by atoms with van der Waals surface area (Å²) in [6.07, 6.45) is 2.29. The van der Waals surface area contributed by atoms with Crippen LogP contribution in [0.15, 0.2) is 18.3 Å². The first kappa shape index (κ1) is 11.5. The fourth-order valence-corrected chi connectivity index (χ4v) is 1.03. The Morgan fingerprint density at radius 1 is 1.60 bits per heavy atom. The van der Waals surface area contributed by atoms with Crippen LogP contribution in [0.3, 0.4) is 0 Å². The zero-order valence-electron chi connectivity index (χ0n) is 9.24. The number of pyridine rings is 1. The van der Waals surface area contributed by atoms with Crippen LogP contribution >= 0.6 is 0 Å². The van der Waals surface area contributed by atoms with Crippen LogP contribution in [0.1, 0.15) is 37.7 Å². The Hall–Kier alpha value is -1.58. The van der Waals surface area contributed by atoms with E-state index in [2.05, 4.69) is 10.3 Å². The van der Waals surface area contributed by atoms with Crippen molar-refractivity contribution >= 4 is 5.91 Å². The predicted octanol–water partition coefficient (Wildman–Crippen LogP) is 1.71. The van der Waals surface area contributed by atoms with Crippen molar-refractivity contribution in [2.75, 3.05) is 0 Å². The second-order valence-electron chi connectivity index (χ2n) is 4.06. The first-order valence-electron chi connectivity index (χ1n) is 4.93. The number of hydrogen-bond donors (Lipinski definition) is 2. The number of aromatic hydroxyl groups is 1. The van der Waals surface area contributed by atoms with E-state index in [4.69, 9.17) is 0 Å². The quantitative estimate of drug-likeness (QED) is 0.794. The summed E-state index contributed by atoms with van der Waals surface area (Å²) in [6, 6.07) is 3.03. The lowest BCUT2D eigenvalue weighted by Crippen LogP contribution is -2.43. The zero-order chi connectivity index (χ0) is 11.5. The van der Waals surface area contributed by atoms with E-state index in [-0.39, 0.29) is 22.9 Å². The summed E-state index contributed by atoms with van der Waals surface area (Å²) in [4.78, 5) is 15.5. The number of amides is 1. The second kappa shape index (κ2) is 4.29. The number of carbonyl (C=O) groups excluding carboxylic acids is 1. The van der Waals surface area contributed by atoms with E-state index in [1.807, 2.05) is 20.8 Å². The number of hydrogen-bond acceptors (Lipinski definition) is 3. The Bertz CT molecular complexity index is 361. The first-order valence-corrected chi connectivity index (χ1v) is 4.93. The van der Waals surface area contributed by atoms with Crippen LogP contribution in [0.25, 0.3) is 0 Å². The number of aromatic nitrogens is 1. The molecule has 0 aliphatic carbocycles. The number of carbonyl (C=O) groups is 1. The Morgan fingerprint density at radius 3 is 2.80 bits per heavy atom. The summed E-state index contributed by atoms with van der Waals surface area (Å²) in [5, 5.41) is 12.2. The van der Waals surface area contributed by atoms with E-state index < -0.39 is 0 Å². The maximum atomic E-state index is 11.7. The number of nitrogens with one attached hydrogen (secondary N) is 1. The molecule has 15 heavy (non-hydrogen) atoms. The largest absolute Gasteiger partial charge is 0.505 e. The Morgan fingerprint density at radius 2 is 2.27 bits per heavy atom. The molecule has 4 nitrogen and oxygen atoms in total. The van der Waals surface area contributed by atoms with Gasteiger partial charge >= 0.3 is 0 Å². The van der Waals surface area contributed by atoms with Crippen LogP contribution < -0.4 is 5.32 Å². The average molecular weight is 208 g/mol. The highest BCUT2D eigenvalue weighted by Crippen LogP contribution is 2.14. The van der Waals surface area contributed by atoms with Gasteiger partial charge in [-0.1, -0.05) is 6.92 Å². The molecule has 0 saturated heterocycles. The van der Waals surface area contributed by atoms with Crippen LogP contribution in [0.5, 0.6) is 5.75 Å². The van der Waals surface area contributed by atoms with Gasteiger partial charge in [-0.05, 0) is 32.4 Å². The van der Waals surface area contributed by atoms with E-state index in [0.717, 1.165) is 6.42 Å². The average Bonchev–Trinajstić information content (AvgIpc) is 2.17. The highest BCUT2D eigenvalue weighted by Gasteiger charge is 2.21. The molecule has 1 aromatic rings. The van der Waals surface area contributed by atoms with Crippen molar-refractivity contribution in [1.29, 1.82) is 0 Å². The van der Waals surface area contributed by atoms with Gasteiger partial charge < -0.3 is 10.4 Å². The van der Waals surface area contributed by atoms with Crippen molar-refractivity contribution in [1.82, 2.24) is 10.3 Å². The number of rotatable bonds is 3. The van der Waals surface area contributed by atoms with Crippen LogP contribution in [0.4, 0.5) is 0 Å². The van der Waals surface area contributed by atoms with Gasteiger partial charge in [-0.25, -0.2) is 4.98 Å². The third-order valence-electron chi connectivity index (χ3n) is 2.34. The monoisotopic (exact) mass is 208 g/mol. The molecule has 4 heteroatoms. The van der Waals surface area contributed by atoms with E-state index >= 15 is 0 Å². The Kier molecular flexibility index (Phi) is 3.29. The van der Waals surface area contributed by atoms with E-state index in [1.54, 1.807) is 6.07 Å². The first-order chi connectivity index (χ1) is 6.96. The molecule has 0 aliphatic heterocycles. The standard InChI is InChI=1S/C11H16N2O2/c1-4-11(2,3)13-10(15)9-8(14)6-5-7-12-9/h5-7,14H,4H2,1-3H3,(H,13,15). The molecule has 82 valence electrons. The fraction of sp³-hybridized carbons (Fsp3) is 0.455. The predicted molar refractivity (Wildman–Crippen MR) is 57.7 cm³/mol. The molecule has 0 bridgehead atoms. The van der Waals surface area contributed by atoms with Crippen LogP contribution in [-0.2, 0) is 0 Å². The molecule has 2 N–H and O–H groups in total. The van der Waals surface area contributed by atoms with Crippen LogP contribution in [-0.4, -0.2) is 21.5 Å². The van der Waals surface area contributed by atoms with Crippen molar-refractivity contribution in [2.24, 2.45) is 0 Å². The molecule has 0 aliphatic rings. The lowest BCUT2D eigenvalue weighted by atomic mass is 10.0. The van der Waals surface area contributed by atoms with Gasteiger partial charge in [-0.2, -0.15) is 0 Å². The Balaban J connectivity index is 2.83. The second-order valence-corrected chi connectivity index (χ2v) is 4.06. The molecule has 1 amide bonds. The molecule has 0 spiro atoms. The van der Waals surface area contributed by atoms with Crippen molar-refractivity contribution in [2.45, 2.75) is 32.7 Å². The molecular weight excluding hydrogens is 192 g/mol. The van der Waals surface area contributed by atoms with Gasteiger partial charge in [0.05, 0.1) is 0 Å². The normalized spacial score (nSPS) is 11.1. The minimum atomic E-state index is -0.347. The number of nitrogens with zero attached hydrogens (tertiary/aromatic N) is 1. The third-order valence-corrected chi connectivity index (χ3v) is 2.34. The summed E-state index contributed by atoms with van der Waals surface area (Å²) < 4.78 is 0. The van der Waals surface area contributed by atoms with Gasteiger partial charge in [0.1, 0.15) is 5.75 Å². The molecule has 1 aromatic heterocycles. The molecular formula is C11H16N2O2. The molecule has 1 rings (SSSR count). The molecule has 0 atom stereocenters. The minimum Gasteiger partial charge on any atom is -0.505 e. The molecule has 0 saturated carbocycles. The summed E-state index contributed by atoms with van der Waals surface area (Å²) in [7, 11) is 0. The van der Waals surface area contributed by atoms with Crippen LogP contribution in [0.2, 0.25) is 0 Å². The minimum absolute atomic E-state index is 0.0685. The van der Waals surface area contributed by atoms with Gasteiger partial charge in [-0.15, -0.1) is 0 Å². The fourth-order valence-electron chi connectivity index (χ4n) is 1.03. The Labute approximate surface area is 89.3 Å². The molecule has 0 aromatic carbocycles. The van der Waals surface area contributed by atoms with E-state index in [1.165, 1.54) is 12.3 Å². The van der Waals surface area contributed by atoms with Gasteiger partial charge in [0, 0.05) is 11.7 Å². The van der Waals surface area contributed by atoms with Crippen molar-refractivity contribution in [3.63, 3.8) is 0 Å². The summed E-state index contributed by atoms with van der Waals surface area (Å²) in [5.74, 6) is -0.443. The molecule has 1 heterocycles. The van der Waals surface area contributed by atoms with Crippen molar-refractivity contribution < 1.29 is 9.90 Å². The smallest absolute Gasteiger partial charge is 0.274 e. The van der Waals surface area contributed by atoms with E-state index in [9.17, 15) is 9.90 Å². The highest BCUT2D eigenvalue weighted by atomic mass is 16.3.